The quantitative estimate of drug-likeness (QED) is 0.751. The third-order valence-corrected chi connectivity index (χ3v) is 3.41. The summed E-state index contributed by atoms with van der Waals surface area (Å²) in [5.74, 6) is -0.569. The number of nitrogens with one attached hydrogen (secondary N) is 1. The molecule has 0 bridgehead atoms. The maximum absolute atomic E-state index is 12.7. The smallest absolute Gasteiger partial charge is 0.416 e. The van der Waals surface area contributed by atoms with Crippen molar-refractivity contribution in [3.05, 3.63) is 59.4 Å². The van der Waals surface area contributed by atoms with Gasteiger partial charge in [0.15, 0.2) is 11.5 Å². The average molecular weight is 351 g/mol. The summed E-state index contributed by atoms with van der Waals surface area (Å²) in [6.07, 6.45) is -3.06. The minimum atomic E-state index is -4.45. The molecular weight excluding hydrogens is 339 g/mol. The first-order valence-corrected chi connectivity index (χ1v) is 7.09. The van der Waals surface area contributed by atoms with Crippen LogP contribution in [0.15, 0.2) is 51.6 Å². The molecule has 0 spiro atoms. The lowest BCUT2D eigenvalue weighted by molar-refractivity contribution is -0.137. The summed E-state index contributed by atoms with van der Waals surface area (Å²) in [7, 11) is 0. The number of carbonyl (C=O) groups is 1. The second kappa shape index (κ2) is 6.34. The van der Waals surface area contributed by atoms with Crippen molar-refractivity contribution in [2.45, 2.75) is 12.7 Å². The lowest BCUT2D eigenvalue weighted by Crippen LogP contribution is -2.24. The third-order valence-electron chi connectivity index (χ3n) is 3.41. The van der Waals surface area contributed by atoms with Crippen LogP contribution in [-0.2, 0) is 12.7 Å². The predicted octanol–water partition coefficient (Wildman–Crippen LogP) is 3.47. The van der Waals surface area contributed by atoms with Crippen molar-refractivity contribution >= 4 is 11.8 Å². The Kier molecular flexibility index (Phi) is 4.22. The van der Waals surface area contributed by atoms with E-state index in [0.29, 0.717) is 0 Å². The van der Waals surface area contributed by atoms with Gasteiger partial charge in [-0.05, 0) is 29.8 Å². The van der Waals surface area contributed by atoms with Crippen LogP contribution in [-0.4, -0.2) is 11.1 Å². The van der Waals surface area contributed by atoms with Crippen LogP contribution in [0.4, 0.5) is 19.1 Å². The average Bonchev–Trinajstić information content (AvgIpc) is 3.21. The molecule has 0 saturated carbocycles. The van der Waals surface area contributed by atoms with E-state index in [1.165, 1.54) is 18.4 Å². The minimum Gasteiger partial charge on any atom is -0.463 e. The molecular formula is C16H12F3N3O3. The van der Waals surface area contributed by atoms with E-state index in [1.807, 2.05) is 0 Å². The van der Waals surface area contributed by atoms with Crippen LogP contribution in [0.25, 0.3) is 11.5 Å². The Morgan fingerprint density at radius 3 is 2.72 bits per heavy atom. The molecule has 3 N–H and O–H groups in total. The Balaban J connectivity index is 1.77. The van der Waals surface area contributed by atoms with Crippen LogP contribution in [0, 0.1) is 0 Å². The number of halogens is 3. The number of anilines is 1. The zero-order valence-corrected chi connectivity index (χ0v) is 12.6. The van der Waals surface area contributed by atoms with Gasteiger partial charge in [0.25, 0.3) is 5.91 Å². The van der Waals surface area contributed by atoms with Gasteiger partial charge in [-0.25, -0.2) is 0 Å². The van der Waals surface area contributed by atoms with Crippen molar-refractivity contribution in [3.8, 4) is 11.5 Å². The molecule has 0 saturated heterocycles. The van der Waals surface area contributed by atoms with Crippen molar-refractivity contribution in [2.24, 2.45) is 0 Å². The standard InChI is InChI=1S/C16H12F3N3O3/c17-16(18,19)10-4-1-3-9(7-10)8-21-15(23)12-13(22-25-14(12)20)11-5-2-6-24-11/h1-7H,8,20H2,(H,21,23). The summed E-state index contributed by atoms with van der Waals surface area (Å²) in [5, 5.41) is 6.17. The van der Waals surface area contributed by atoms with Gasteiger partial charge in [-0.1, -0.05) is 17.3 Å². The monoisotopic (exact) mass is 351 g/mol. The van der Waals surface area contributed by atoms with Crippen molar-refractivity contribution in [2.75, 3.05) is 5.73 Å². The lowest BCUT2D eigenvalue weighted by Gasteiger charge is -2.09. The second-order valence-corrected chi connectivity index (χ2v) is 5.13. The van der Waals surface area contributed by atoms with Crippen LogP contribution >= 0.6 is 0 Å². The van der Waals surface area contributed by atoms with Crippen molar-refractivity contribution in [1.29, 1.82) is 0 Å². The Morgan fingerprint density at radius 1 is 1.24 bits per heavy atom. The lowest BCUT2D eigenvalue weighted by atomic mass is 10.1. The van der Waals surface area contributed by atoms with Gasteiger partial charge in [0.2, 0.25) is 5.88 Å². The second-order valence-electron chi connectivity index (χ2n) is 5.13. The fourth-order valence-electron chi connectivity index (χ4n) is 2.23. The Bertz CT molecular complexity index is 886. The largest absolute Gasteiger partial charge is 0.463 e. The van der Waals surface area contributed by atoms with Crippen LogP contribution in [0.3, 0.4) is 0 Å². The number of nitrogens with zero attached hydrogens (tertiary/aromatic N) is 1. The van der Waals surface area contributed by atoms with Crippen LogP contribution < -0.4 is 11.1 Å². The van der Waals surface area contributed by atoms with Crippen molar-refractivity contribution in [1.82, 2.24) is 10.5 Å². The summed E-state index contributed by atoms with van der Waals surface area (Å²) in [4.78, 5) is 12.3. The third kappa shape index (κ3) is 3.49. The van der Waals surface area contributed by atoms with E-state index >= 15 is 0 Å². The highest BCUT2D eigenvalue weighted by Crippen LogP contribution is 2.30. The molecule has 1 aromatic carbocycles. The molecule has 0 aliphatic heterocycles. The number of benzene rings is 1. The molecule has 2 aromatic heterocycles. The van der Waals surface area contributed by atoms with Gasteiger partial charge in [-0.3, -0.25) is 4.79 Å². The van der Waals surface area contributed by atoms with Gasteiger partial charge in [0.05, 0.1) is 11.8 Å². The predicted molar refractivity (Wildman–Crippen MR) is 81.2 cm³/mol. The normalized spacial score (nSPS) is 11.5. The van der Waals surface area contributed by atoms with Gasteiger partial charge < -0.3 is 20.0 Å². The molecule has 0 atom stereocenters. The first-order chi connectivity index (χ1) is 11.9. The molecule has 0 radical (unpaired) electrons. The minimum absolute atomic E-state index is 0.0399. The summed E-state index contributed by atoms with van der Waals surface area (Å²) >= 11 is 0. The highest BCUT2D eigenvalue weighted by Gasteiger charge is 2.30. The molecule has 3 aromatic rings. The number of aromatic nitrogens is 1. The molecule has 0 fully saturated rings. The molecule has 25 heavy (non-hydrogen) atoms. The van der Waals surface area contributed by atoms with E-state index in [4.69, 9.17) is 14.7 Å². The number of hydrogen-bond acceptors (Lipinski definition) is 5. The van der Waals surface area contributed by atoms with Gasteiger partial charge >= 0.3 is 6.18 Å². The van der Waals surface area contributed by atoms with E-state index < -0.39 is 17.6 Å². The van der Waals surface area contributed by atoms with Gasteiger partial charge in [-0.2, -0.15) is 13.2 Å². The first kappa shape index (κ1) is 16.6. The summed E-state index contributed by atoms with van der Waals surface area (Å²) in [6.45, 7) is -0.120. The molecule has 2 heterocycles. The fourth-order valence-corrected chi connectivity index (χ4v) is 2.23. The van der Waals surface area contributed by atoms with Crippen LogP contribution in [0.5, 0.6) is 0 Å². The molecule has 1 amide bonds. The van der Waals surface area contributed by atoms with Gasteiger partial charge in [-0.15, -0.1) is 0 Å². The molecule has 0 aliphatic carbocycles. The van der Waals surface area contributed by atoms with E-state index in [-0.39, 0.29) is 35.0 Å². The molecule has 0 unspecified atom stereocenters. The van der Waals surface area contributed by atoms with E-state index in [2.05, 4.69) is 10.5 Å². The number of nitrogen functional groups attached to an aromatic ring is 1. The Morgan fingerprint density at radius 2 is 2.04 bits per heavy atom. The van der Waals surface area contributed by atoms with E-state index in [1.54, 1.807) is 12.1 Å². The molecule has 9 heteroatoms. The Hall–Kier alpha value is -3.23. The maximum atomic E-state index is 12.7. The highest BCUT2D eigenvalue weighted by atomic mass is 19.4. The van der Waals surface area contributed by atoms with Crippen molar-refractivity contribution < 1.29 is 26.9 Å². The Labute approximate surface area is 139 Å². The fraction of sp³-hybridized carbons (Fsp3) is 0.125. The van der Waals surface area contributed by atoms with Crippen LogP contribution in [0.1, 0.15) is 21.5 Å². The van der Waals surface area contributed by atoms with Crippen LogP contribution in [0.2, 0.25) is 0 Å². The highest BCUT2D eigenvalue weighted by molar-refractivity contribution is 6.03. The summed E-state index contributed by atoms with van der Waals surface area (Å²) in [5.41, 5.74) is 5.19. The summed E-state index contributed by atoms with van der Waals surface area (Å²) in [6, 6.07) is 7.83. The molecule has 6 nitrogen and oxygen atoms in total. The topological polar surface area (TPSA) is 94.3 Å². The van der Waals surface area contributed by atoms with E-state index in [9.17, 15) is 18.0 Å². The zero-order valence-electron chi connectivity index (χ0n) is 12.6. The number of furan rings is 1. The number of nitrogens with two attached hydrogens (primary N) is 1. The van der Waals surface area contributed by atoms with Crippen molar-refractivity contribution in [3.63, 3.8) is 0 Å². The zero-order chi connectivity index (χ0) is 18.0. The number of carbonyl (C=O) groups excluding carboxylic acids is 1. The van der Waals surface area contributed by atoms with E-state index in [0.717, 1.165) is 12.1 Å². The number of hydrogen-bond donors (Lipinski definition) is 2. The molecule has 130 valence electrons. The molecule has 0 aliphatic rings. The number of alkyl halides is 3. The number of rotatable bonds is 4. The molecule has 3 rings (SSSR count). The summed E-state index contributed by atoms with van der Waals surface area (Å²) < 4.78 is 48.1. The SMILES string of the molecule is Nc1onc(-c2ccco2)c1C(=O)NCc1cccc(C(F)(F)F)c1. The first-order valence-electron chi connectivity index (χ1n) is 7.09. The van der Waals surface area contributed by atoms with Gasteiger partial charge in [0.1, 0.15) is 5.56 Å². The maximum Gasteiger partial charge on any atom is 0.416 e. The number of amides is 1. The van der Waals surface area contributed by atoms with Gasteiger partial charge in [0, 0.05) is 6.54 Å².